The van der Waals surface area contributed by atoms with E-state index in [1.54, 1.807) is 0 Å². The highest BCUT2D eigenvalue weighted by Crippen LogP contribution is 2.20. The maximum Gasteiger partial charge on any atom is 0.313 e. The van der Waals surface area contributed by atoms with Crippen molar-refractivity contribution in [1.82, 2.24) is 0 Å². The van der Waals surface area contributed by atoms with Crippen LogP contribution in [0, 0.1) is 5.41 Å². The minimum absolute atomic E-state index is 0.0833. The van der Waals surface area contributed by atoms with E-state index in [0.29, 0.717) is 6.42 Å². The molecule has 6 nitrogen and oxygen atoms in total. The van der Waals surface area contributed by atoms with Gasteiger partial charge in [-0.25, -0.2) is 0 Å². The van der Waals surface area contributed by atoms with Crippen LogP contribution in [-0.2, 0) is 9.59 Å². The van der Waals surface area contributed by atoms with E-state index < -0.39 is 18.0 Å². The van der Waals surface area contributed by atoms with Crippen LogP contribution < -0.4 is 0 Å². The Morgan fingerprint density at radius 2 is 1.32 bits per heavy atom. The lowest BCUT2D eigenvalue weighted by Crippen LogP contribution is -2.20. The number of hydrogen-bond acceptors (Lipinski definition) is 6. The maximum absolute atomic E-state index is 9.29. The van der Waals surface area contributed by atoms with Gasteiger partial charge < -0.3 is 20.4 Å². The summed E-state index contributed by atoms with van der Waals surface area (Å²) >= 11 is 6.83. The van der Waals surface area contributed by atoms with E-state index in [-0.39, 0.29) is 23.5 Å². The first kappa shape index (κ1) is 23.6. The van der Waals surface area contributed by atoms with E-state index in [1.165, 1.54) is 0 Å². The number of carbonyl (C=O) groups is 2. The van der Waals surface area contributed by atoms with Gasteiger partial charge in [0.25, 0.3) is 0 Å². The van der Waals surface area contributed by atoms with Gasteiger partial charge in [0.1, 0.15) is 0 Å². The van der Waals surface area contributed by atoms with Crippen LogP contribution in [0.25, 0.3) is 0 Å². The molecule has 0 aromatic heterocycles. The van der Waals surface area contributed by atoms with Gasteiger partial charge in [-0.3, -0.25) is 9.59 Å². The standard InChI is InChI=1S/C7H16O2.2C2H4O2S/c1-7(2,3)4-6(9)5-8;2*3-2(4)1-5/h6,8-9H,4-5H2,1-3H3;2*5H,1H2,(H,3,4). The lowest BCUT2D eigenvalue weighted by atomic mass is 9.89. The van der Waals surface area contributed by atoms with Crippen LogP contribution in [0.4, 0.5) is 0 Å². The highest BCUT2D eigenvalue weighted by Gasteiger charge is 2.15. The van der Waals surface area contributed by atoms with E-state index in [0.717, 1.165) is 0 Å². The molecule has 8 heteroatoms. The van der Waals surface area contributed by atoms with E-state index in [4.69, 9.17) is 20.4 Å². The van der Waals surface area contributed by atoms with Gasteiger partial charge in [-0.1, -0.05) is 20.8 Å². The quantitative estimate of drug-likeness (QED) is 0.427. The molecule has 0 aliphatic carbocycles. The van der Waals surface area contributed by atoms with Crippen LogP contribution in [0.2, 0.25) is 0 Å². The monoisotopic (exact) mass is 316 g/mol. The SMILES string of the molecule is CC(C)(C)CC(O)CO.O=C(O)CS.O=C(O)CS. The summed E-state index contributed by atoms with van der Waals surface area (Å²) in [4.78, 5) is 18.6. The van der Waals surface area contributed by atoms with Gasteiger partial charge in [-0.2, -0.15) is 25.3 Å². The first-order valence-corrected chi connectivity index (χ1v) is 6.70. The lowest BCUT2D eigenvalue weighted by Gasteiger charge is -2.20. The van der Waals surface area contributed by atoms with Crippen molar-refractivity contribution in [2.75, 3.05) is 18.1 Å². The molecule has 0 rings (SSSR count). The zero-order valence-corrected chi connectivity index (χ0v) is 13.2. The Kier molecular flexibility index (Phi) is 17.4. The molecule has 0 fully saturated rings. The third-order valence-electron chi connectivity index (χ3n) is 1.33. The molecule has 0 aliphatic heterocycles. The van der Waals surface area contributed by atoms with Crippen molar-refractivity contribution < 1.29 is 30.0 Å². The predicted molar refractivity (Wildman–Crippen MR) is 80.1 cm³/mol. The third-order valence-corrected chi connectivity index (χ3v) is 1.87. The second-order valence-corrected chi connectivity index (χ2v) is 5.34. The molecule has 0 aliphatic rings. The van der Waals surface area contributed by atoms with Gasteiger partial charge in [-0.05, 0) is 11.8 Å². The molecule has 1 unspecified atom stereocenters. The van der Waals surface area contributed by atoms with Crippen molar-refractivity contribution >= 4 is 37.2 Å². The summed E-state index contributed by atoms with van der Waals surface area (Å²) < 4.78 is 0. The van der Waals surface area contributed by atoms with Gasteiger partial charge >= 0.3 is 11.9 Å². The summed E-state index contributed by atoms with van der Waals surface area (Å²) in [6.45, 7) is 5.97. The first-order chi connectivity index (χ1) is 8.49. The Morgan fingerprint density at radius 3 is 1.37 bits per heavy atom. The second kappa shape index (κ2) is 14.0. The molecule has 1 atom stereocenters. The van der Waals surface area contributed by atoms with Gasteiger partial charge in [0.15, 0.2) is 0 Å². The first-order valence-electron chi connectivity index (χ1n) is 5.44. The van der Waals surface area contributed by atoms with Gasteiger partial charge in [0.05, 0.1) is 24.2 Å². The molecule has 0 bridgehead atoms. The largest absolute Gasteiger partial charge is 0.481 e. The number of carboxylic acids is 2. The fourth-order valence-electron chi connectivity index (χ4n) is 0.771. The molecule has 0 aromatic carbocycles. The minimum Gasteiger partial charge on any atom is -0.481 e. The number of aliphatic hydroxyl groups excluding tert-OH is 2. The molecule has 0 saturated heterocycles. The number of hydrogen-bond donors (Lipinski definition) is 6. The molecule has 0 aromatic rings. The number of aliphatic hydroxyl groups is 2. The Bertz CT molecular complexity index is 226. The van der Waals surface area contributed by atoms with E-state index in [1.807, 2.05) is 20.8 Å². The normalized spacial score (nSPS) is 11.3. The van der Waals surface area contributed by atoms with Crippen LogP contribution in [0.5, 0.6) is 0 Å². The van der Waals surface area contributed by atoms with Crippen molar-refractivity contribution in [2.24, 2.45) is 5.41 Å². The van der Waals surface area contributed by atoms with Crippen LogP contribution in [0.15, 0.2) is 0 Å². The molecule has 0 radical (unpaired) electrons. The summed E-state index contributed by atoms with van der Waals surface area (Å²) in [7, 11) is 0. The van der Waals surface area contributed by atoms with E-state index >= 15 is 0 Å². The molecule has 0 spiro atoms. The van der Waals surface area contributed by atoms with E-state index in [2.05, 4.69) is 25.3 Å². The summed E-state index contributed by atoms with van der Waals surface area (Å²) in [5, 5.41) is 32.7. The topological polar surface area (TPSA) is 115 Å². The minimum atomic E-state index is -0.881. The highest BCUT2D eigenvalue weighted by molar-refractivity contribution is 7.81. The molecule has 19 heavy (non-hydrogen) atoms. The molecule has 0 amide bonds. The summed E-state index contributed by atoms with van der Waals surface area (Å²) in [6.07, 6.45) is 0.105. The van der Waals surface area contributed by atoms with Crippen molar-refractivity contribution in [3.05, 3.63) is 0 Å². The van der Waals surface area contributed by atoms with Crippen molar-refractivity contribution in [3.63, 3.8) is 0 Å². The highest BCUT2D eigenvalue weighted by atomic mass is 32.1. The third kappa shape index (κ3) is 38.1. The molecular formula is C11H24O6S2. The summed E-state index contributed by atoms with van der Waals surface area (Å²) in [6, 6.07) is 0. The lowest BCUT2D eigenvalue weighted by molar-refractivity contribution is -0.134. The van der Waals surface area contributed by atoms with Gasteiger partial charge in [0.2, 0.25) is 0 Å². The molecule has 0 heterocycles. The van der Waals surface area contributed by atoms with Crippen molar-refractivity contribution in [2.45, 2.75) is 33.3 Å². The average molecular weight is 316 g/mol. The Labute approximate surface area is 124 Å². The number of thiol groups is 2. The zero-order chi connectivity index (χ0) is 16.1. The number of carboxylic acid groups (broad SMARTS) is 2. The van der Waals surface area contributed by atoms with Crippen LogP contribution in [0.1, 0.15) is 27.2 Å². The zero-order valence-electron chi connectivity index (χ0n) is 11.4. The van der Waals surface area contributed by atoms with Gasteiger partial charge in [0, 0.05) is 0 Å². The average Bonchev–Trinajstić information content (AvgIpc) is 2.28. The van der Waals surface area contributed by atoms with Crippen LogP contribution in [0.3, 0.4) is 0 Å². The maximum atomic E-state index is 9.29. The van der Waals surface area contributed by atoms with Crippen molar-refractivity contribution in [3.8, 4) is 0 Å². The summed E-state index contributed by atoms with van der Waals surface area (Å²) in [5.74, 6) is -1.93. The Morgan fingerprint density at radius 1 is 1.05 bits per heavy atom. The molecular weight excluding hydrogens is 292 g/mol. The van der Waals surface area contributed by atoms with Gasteiger partial charge in [-0.15, -0.1) is 0 Å². The fourth-order valence-corrected chi connectivity index (χ4v) is 0.771. The predicted octanol–water partition coefficient (Wildman–Crippen LogP) is 0.777. The van der Waals surface area contributed by atoms with Crippen LogP contribution >= 0.6 is 25.3 Å². The smallest absolute Gasteiger partial charge is 0.313 e. The molecule has 4 N–H and O–H groups in total. The number of rotatable bonds is 4. The fraction of sp³-hybridized carbons (Fsp3) is 0.818. The van der Waals surface area contributed by atoms with Crippen LogP contribution in [-0.4, -0.2) is 56.6 Å². The van der Waals surface area contributed by atoms with E-state index in [9.17, 15) is 9.59 Å². The summed E-state index contributed by atoms with van der Waals surface area (Å²) in [5.41, 5.74) is 0.113. The van der Waals surface area contributed by atoms with Crippen molar-refractivity contribution in [1.29, 1.82) is 0 Å². The second-order valence-electron chi connectivity index (χ2n) is 4.70. The Hall–Kier alpha value is -0.440. The Balaban J connectivity index is -0.000000219. The molecule has 0 saturated carbocycles. The molecule has 116 valence electrons. The number of aliphatic carboxylic acids is 2.